The lowest BCUT2D eigenvalue weighted by Crippen LogP contribution is -2.14. The first kappa shape index (κ1) is 19.0. The molecule has 0 atom stereocenters. The summed E-state index contributed by atoms with van der Waals surface area (Å²) in [5.41, 5.74) is 3.69. The SMILES string of the molecule is CCc1ccc(Nc2nc(CC(=O)Nc3ccc(SC#N)cc3)cs2)cc1. The van der Waals surface area contributed by atoms with E-state index in [1.807, 2.05) is 22.9 Å². The predicted octanol–water partition coefficient (Wildman–Crippen LogP) is 5.20. The second-order valence-electron chi connectivity index (χ2n) is 5.76. The summed E-state index contributed by atoms with van der Waals surface area (Å²) in [6, 6.07) is 15.4. The normalized spacial score (nSPS) is 10.2. The smallest absolute Gasteiger partial charge is 0.230 e. The van der Waals surface area contributed by atoms with Gasteiger partial charge in [0.15, 0.2) is 5.13 Å². The summed E-state index contributed by atoms with van der Waals surface area (Å²) < 4.78 is 0. The van der Waals surface area contributed by atoms with Crippen LogP contribution < -0.4 is 10.6 Å². The molecule has 1 aromatic heterocycles. The van der Waals surface area contributed by atoms with Gasteiger partial charge in [-0.1, -0.05) is 19.1 Å². The lowest BCUT2D eigenvalue weighted by Gasteiger charge is -2.05. The van der Waals surface area contributed by atoms with Gasteiger partial charge in [0.2, 0.25) is 5.91 Å². The number of hydrogen-bond donors (Lipinski definition) is 2. The number of thiocyanates is 1. The number of thioether (sulfide) groups is 1. The van der Waals surface area contributed by atoms with Gasteiger partial charge in [0.1, 0.15) is 5.40 Å². The Hall–Kier alpha value is -2.82. The van der Waals surface area contributed by atoms with Gasteiger partial charge in [0.25, 0.3) is 0 Å². The fourth-order valence-corrected chi connectivity index (χ4v) is 3.53. The maximum Gasteiger partial charge on any atom is 0.230 e. The van der Waals surface area contributed by atoms with Gasteiger partial charge in [-0.05, 0) is 60.1 Å². The Morgan fingerprint density at radius 1 is 1.15 bits per heavy atom. The highest BCUT2D eigenvalue weighted by atomic mass is 32.2. The average molecular weight is 395 g/mol. The third-order valence-electron chi connectivity index (χ3n) is 3.81. The molecule has 1 heterocycles. The molecule has 27 heavy (non-hydrogen) atoms. The molecule has 0 unspecified atom stereocenters. The van der Waals surface area contributed by atoms with E-state index in [0.717, 1.165) is 39.6 Å². The molecule has 7 heteroatoms. The van der Waals surface area contributed by atoms with Crippen LogP contribution in [0.25, 0.3) is 0 Å². The summed E-state index contributed by atoms with van der Waals surface area (Å²) in [5, 5.41) is 19.4. The number of rotatable bonds is 7. The van der Waals surface area contributed by atoms with Crippen molar-refractivity contribution in [3.63, 3.8) is 0 Å². The molecule has 2 aromatic carbocycles. The van der Waals surface area contributed by atoms with Gasteiger partial charge in [0.05, 0.1) is 12.1 Å². The number of nitrogens with zero attached hydrogens (tertiary/aromatic N) is 2. The van der Waals surface area contributed by atoms with Crippen LogP contribution in [0.2, 0.25) is 0 Å². The van der Waals surface area contributed by atoms with Gasteiger partial charge in [-0.15, -0.1) is 11.3 Å². The topological polar surface area (TPSA) is 77.8 Å². The minimum Gasteiger partial charge on any atom is -0.332 e. The van der Waals surface area contributed by atoms with Crippen LogP contribution in [0.3, 0.4) is 0 Å². The Bertz CT molecular complexity index is 943. The summed E-state index contributed by atoms with van der Waals surface area (Å²) in [4.78, 5) is 17.5. The third kappa shape index (κ3) is 5.58. The van der Waals surface area contributed by atoms with Crippen LogP contribution >= 0.6 is 23.1 Å². The number of nitrogens with one attached hydrogen (secondary N) is 2. The van der Waals surface area contributed by atoms with E-state index in [1.165, 1.54) is 16.9 Å². The zero-order valence-corrected chi connectivity index (χ0v) is 16.4. The van der Waals surface area contributed by atoms with Gasteiger partial charge in [-0.25, -0.2) is 4.98 Å². The van der Waals surface area contributed by atoms with Gasteiger partial charge in [-0.3, -0.25) is 4.79 Å². The fourth-order valence-electron chi connectivity index (χ4n) is 2.42. The lowest BCUT2D eigenvalue weighted by molar-refractivity contribution is -0.115. The Morgan fingerprint density at radius 2 is 1.85 bits per heavy atom. The van der Waals surface area contributed by atoms with Crippen LogP contribution in [0, 0.1) is 10.7 Å². The van der Waals surface area contributed by atoms with Gasteiger partial charge < -0.3 is 10.6 Å². The molecule has 3 aromatic rings. The van der Waals surface area contributed by atoms with E-state index >= 15 is 0 Å². The maximum absolute atomic E-state index is 12.2. The van der Waals surface area contributed by atoms with E-state index in [0.29, 0.717) is 5.69 Å². The van der Waals surface area contributed by atoms with Crippen molar-refractivity contribution in [3.8, 4) is 5.40 Å². The highest BCUT2D eigenvalue weighted by molar-refractivity contribution is 8.03. The second-order valence-corrected chi connectivity index (χ2v) is 7.48. The molecule has 5 nitrogen and oxygen atoms in total. The number of benzene rings is 2. The van der Waals surface area contributed by atoms with E-state index in [9.17, 15) is 4.79 Å². The monoisotopic (exact) mass is 394 g/mol. The Balaban J connectivity index is 1.54. The molecule has 136 valence electrons. The summed E-state index contributed by atoms with van der Waals surface area (Å²) in [7, 11) is 0. The largest absolute Gasteiger partial charge is 0.332 e. The van der Waals surface area contributed by atoms with Crippen molar-refractivity contribution in [2.24, 2.45) is 0 Å². The number of carbonyl (C=O) groups excluding carboxylic acids is 1. The van der Waals surface area contributed by atoms with Gasteiger partial charge in [0, 0.05) is 21.7 Å². The summed E-state index contributed by atoms with van der Waals surface area (Å²) in [6.07, 6.45) is 1.22. The number of aryl methyl sites for hydroxylation is 1. The van der Waals surface area contributed by atoms with E-state index in [4.69, 9.17) is 5.26 Å². The molecule has 0 saturated carbocycles. The fraction of sp³-hybridized carbons (Fsp3) is 0.150. The number of hydrogen-bond acceptors (Lipinski definition) is 6. The molecule has 1 amide bonds. The number of anilines is 3. The molecule has 0 fully saturated rings. The maximum atomic E-state index is 12.2. The number of thiazole rings is 1. The van der Waals surface area contributed by atoms with E-state index in [1.54, 1.807) is 24.3 Å². The lowest BCUT2D eigenvalue weighted by atomic mass is 10.1. The van der Waals surface area contributed by atoms with Gasteiger partial charge >= 0.3 is 0 Å². The van der Waals surface area contributed by atoms with Crippen molar-refractivity contribution in [3.05, 3.63) is 65.2 Å². The van der Waals surface area contributed by atoms with Crippen molar-refractivity contribution >= 4 is 45.5 Å². The first-order chi connectivity index (χ1) is 13.2. The van der Waals surface area contributed by atoms with Crippen molar-refractivity contribution in [1.82, 2.24) is 4.98 Å². The first-order valence-corrected chi connectivity index (χ1v) is 10.1. The van der Waals surface area contributed by atoms with Crippen molar-refractivity contribution in [2.45, 2.75) is 24.7 Å². The predicted molar refractivity (Wildman–Crippen MR) is 111 cm³/mol. The Labute approximate surface area is 166 Å². The van der Waals surface area contributed by atoms with Crippen molar-refractivity contribution in [1.29, 1.82) is 5.26 Å². The Morgan fingerprint density at radius 3 is 2.52 bits per heavy atom. The number of amides is 1. The van der Waals surface area contributed by atoms with Crippen LogP contribution in [-0.2, 0) is 17.6 Å². The van der Waals surface area contributed by atoms with Crippen LogP contribution in [0.4, 0.5) is 16.5 Å². The number of aromatic nitrogens is 1. The number of nitriles is 1. The molecular weight excluding hydrogens is 376 g/mol. The second kappa shape index (κ2) is 9.21. The zero-order chi connectivity index (χ0) is 19.1. The molecule has 0 aliphatic carbocycles. The summed E-state index contributed by atoms with van der Waals surface area (Å²) in [6.45, 7) is 2.13. The average Bonchev–Trinajstić information content (AvgIpc) is 3.11. The molecule has 0 bridgehead atoms. The molecule has 0 saturated heterocycles. The van der Waals surface area contributed by atoms with Gasteiger partial charge in [-0.2, -0.15) is 5.26 Å². The minimum atomic E-state index is -0.125. The quantitative estimate of drug-likeness (QED) is 0.425. The molecule has 2 N–H and O–H groups in total. The standard InChI is InChI=1S/C20H18N4OS2/c1-2-14-3-5-16(6-4-14)23-20-24-17(12-26-20)11-19(25)22-15-7-9-18(10-8-15)27-13-21/h3-10,12H,2,11H2,1H3,(H,22,25)(H,23,24). The summed E-state index contributed by atoms with van der Waals surface area (Å²) >= 11 is 2.56. The highest BCUT2D eigenvalue weighted by Gasteiger charge is 2.09. The molecule has 3 rings (SSSR count). The van der Waals surface area contributed by atoms with Crippen molar-refractivity contribution < 1.29 is 4.79 Å². The summed E-state index contributed by atoms with van der Waals surface area (Å²) in [5.74, 6) is -0.125. The molecule has 0 aliphatic rings. The Kier molecular flexibility index (Phi) is 6.47. The zero-order valence-electron chi connectivity index (χ0n) is 14.7. The molecule has 0 aliphatic heterocycles. The van der Waals surface area contributed by atoms with Crippen LogP contribution in [-0.4, -0.2) is 10.9 Å². The molecule has 0 radical (unpaired) electrons. The minimum absolute atomic E-state index is 0.125. The molecular formula is C20H18N4OS2. The first-order valence-electron chi connectivity index (χ1n) is 8.42. The van der Waals surface area contributed by atoms with Crippen LogP contribution in [0.1, 0.15) is 18.2 Å². The van der Waals surface area contributed by atoms with Crippen LogP contribution in [0.5, 0.6) is 0 Å². The van der Waals surface area contributed by atoms with E-state index in [-0.39, 0.29) is 12.3 Å². The number of carbonyl (C=O) groups is 1. The van der Waals surface area contributed by atoms with E-state index < -0.39 is 0 Å². The van der Waals surface area contributed by atoms with E-state index in [2.05, 4.69) is 34.7 Å². The van der Waals surface area contributed by atoms with Crippen molar-refractivity contribution in [2.75, 3.05) is 10.6 Å². The van der Waals surface area contributed by atoms with Crippen LogP contribution in [0.15, 0.2) is 58.8 Å². The molecule has 0 spiro atoms. The third-order valence-corrected chi connectivity index (χ3v) is 5.21. The highest BCUT2D eigenvalue weighted by Crippen LogP contribution is 2.22.